The topological polar surface area (TPSA) is 61.7 Å². The Kier molecular flexibility index (Phi) is 6.50. The first-order valence-corrected chi connectivity index (χ1v) is 12.3. The van der Waals surface area contributed by atoms with E-state index < -0.39 is 0 Å². The lowest BCUT2D eigenvalue weighted by molar-refractivity contribution is 0.245. The lowest BCUT2D eigenvalue weighted by Crippen LogP contribution is -2.51. The van der Waals surface area contributed by atoms with Crippen molar-refractivity contribution in [3.05, 3.63) is 52.6 Å². The zero-order valence-electron chi connectivity index (χ0n) is 19.9. The molecular weight excluding hydrogens is 410 g/mol. The molecule has 0 unspecified atom stereocenters. The van der Waals surface area contributed by atoms with E-state index in [4.69, 9.17) is 4.98 Å². The number of likely N-dealkylation sites (N-methyl/N-ethyl adjacent to an activating group) is 1. The van der Waals surface area contributed by atoms with Crippen LogP contribution in [-0.4, -0.2) is 80.2 Å². The van der Waals surface area contributed by atoms with Gasteiger partial charge in [-0.3, -0.25) is 4.90 Å². The number of fused-ring (bicyclic) bond motifs is 1. The van der Waals surface area contributed by atoms with E-state index in [1.165, 1.54) is 16.7 Å². The van der Waals surface area contributed by atoms with E-state index in [0.29, 0.717) is 6.04 Å². The van der Waals surface area contributed by atoms with Gasteiger partial charge in [-0.2, -0.15) is 5.26 Å². The molecule has 2 aromatic rings. The molecule has 1 aromatic heterocycles. The first-order valence-electron chi connectivity index (χ1n) is 12.3. The number of nitrogens with one attached hydrogen (secondary N) is 1. The monoisotopic (exact) mass is 445 g/mol. The van der Waals surface area contributed by atoms with Crippen LogP contribution in [0.1, 0.15) is 29.2 Å². The number of anilines is 2. The minimum Gasteiger partial charge on any atom is -0.353 e. The van der Waals surface area contributed by atoms with E-state index in [-0.39, 0.29) is 0 Å². The molecular formula is C26H35N7. The predicted octanol–water partition coefficient (Wildman–Crippen LogP) is 2.06. The quantitative estimate of drug-likeness (QED) is 0.773. The van der Waals surface area contributed by atoms with E-state index in [1.54, 1.807) is 0 Å². The molecule has 1 atom stereocenters. The zero-order chi connectivity index (χ0) is 22.8. The van der Waals surface area contributed by atoms with Crippen molar-refractivity contribution in [3.63, 3.8) is 0 Å². The molecule has 1 aromatic carbocycles. The van der Waals surface area contributed by atoms with Crippen LogP contribution in [0.4, 0.5) is 11.6 Å². The van der Waals surface area contributed by atoms with E-state index >= 15 is 0 Å². The first kappa shape index (κ1) is 22.1. The minimum absolute atomic E-state index is 0.394. The van der Waals surface area contributed by atoms with Gasteiger partial charge in [0.25, 0.3) is 0 Å². The fourth-order valence-electron chi connectivity index (χ4n) is 5.39. The third kappa shape index (κ3) is 4.56. The Hall–Kier alpha value is -2.66. The van der Waals surface area contributed by atoms with E-state index in [9.17, 15) is 5.26 Å². The molecule has 0 bridgehead atoms. The Morgan fingerprint density at radius 1 is 1.03 bits per heavy atom. The second-order valence-corrected chi connectivity index (χ2v) is 9.69. The molecule has 0 radical (unpaired) electrons. The van der Waals surface area contributed by atoms with Gasteiger partial charge >= 0.3 is 0 Å². The molecule has 3 aliphatic rings. The molecule has 2 fully saturated rings. The van der Waals surface area contributed by atoms with Crippen LogP contribution >= 0.6 is 0 Å². The van der Waals surface area contributed by atoms with Gasteiger partial charge in [-0.1, -0.05) is 30.3 Å². The number of piperazine rings is 2. The molecule has 0 amide bonds. The molecule has 7 heteroatoms. The van der Waals surface area contributed by atoms with Crippen LogP contribution in [-0.2, 0) is 19.5 Å². The summed E-state index contributed by atoms with van der Waals surface area (Å²) >= 11 is 0. The summed E-state index contributed by atoms with van der Waals surface area (Å²) < 4.78 is 0. The Labute approximate surface area is 197 Å². The molecule has 4 heterocycles. The number of nitriles is 1. The SMILES string of the molecule is C[C@H]1CNCCN1c1nc(N2CCN(C)CC2)c(C#N)c2c1CCN(Cc1ccccc1)C2. The van der Waals surface area contributed by atoms with Crippen LogP contribution < -0.4 is 15.1 Å². The summed E-state index contributed by atoms with van der Waals surface area (Å²) in [6.45, 7) is 11.7. The molecule has 2 saturated heterocycles. The second kappa shape index (κ2) is 9.68. The average molecular weight is 446 g/mol. The van der Waals surface area contributed by atoms with Crippen LogP contribution in [0.3, 0.4) is 0 Å². The molecule has 174 valence electrons. The summed E-state index contributed by atoms with van der Waals surface area (Å²) in [4.78, 5) is 14.9. The summed E-state index contributed by atoms with van der Waals surface area (Å²) in [5, 5.41) is 13.8. The van der Waals surface area contributed by atoms with Crippen LogP contribution in [0.2, 0.25) is 0 Å². The number of hydrogen-bond donors (Lipinski definition) is 1. The third-order valence-electron chi connectivity index (χ3n) is 7.37. The van der Waals surface area contributed by atoms with Gasteiger partial charge in [-0.05, 0) is 31.5 Å². The van der Waals surface area contributed by atoms with Crippen molar-refractivity contribution in [1.29, 1.82) is 5.26 Å². The summed E-state index contributed by atoms with van der Waals surface area (Å²) in [6, 6.07) is 13.6. The smallest absolute Gasteiger partial charge is 0.149 e. The molecule has 3 aliphatic heterocycles. The Balaban J connectivity index is 1.54. The second-order valence-electron chi connectivity index (χ2n) is 9.69. The minimum atomic E-state index is 0.394. The molecule has 0 spiro atoms. The van der Waals surface area contributed by atoms with Gasteiger partial charge < -0.3 is 20.0 Å². The molecule has 0 saturated carbocycles. The number of hydrogen-bond acceptors (Lipinski definition) is 7. The molecule has 7 nitrogen and oxygen atoms in total. The van der Waals surface area contributed by atoms with Crippen molar-refractivity contribution in [2.75, 3.05) is 69.2 Å². The van der Waals surface area contributed by atoms with Gasteiger partial charge in [0.15, 0.2) is 0 Å². The number of benzene rings is 1. The Morgan fingerprint density at radius 3 is 2.55 bits per heavy atom. The van der Waals surface area contributed by atoms with Gasteiger partial charge in [-0.15, -0.1) is 0 Å². The Bertz CT molecular complexity index is 1010. The van der Waals surface area contributed by atoms with Crippen LogP contribution in [0.5, 0.6) is 0 Å². The standard InChI is InChI=1S/C26H35N7/c1-20-17-28-9-11-33(20)26-22-8-10-31(18-21-6-4-3-5-7-21)19-24(22)23(16-27)25(29-26)32-14-12-30(2)13-15-32/h3-7,20,28H,8-15,17-19H2,1-2H3/t20-/m0/s1. The average Bonchev–Trinajstić information content (AvgIpc) is 2.84. The van der Waals surface area contributed by atoms with Gasteiger partial charge in [0.2, 0.25) is 0 Å². The maximum atomic E-state index is 10.3. The van der Waals surface area contributed by atoms with E-state index in [1.807, 2.05) is 0 Å². The molecule has 33 heavy (non-hydrogen) atoms. The van der Waals surface area contributed by atoms with Gasteiger partial charge in [0, 0.05) is 77.1 Å². The predicted molar refractivity (Wildman–Crippen MR) is 133 cm³/mol. The van der Waals surface area contributed by atoms with Crippen molar-refractivity contribution >= 4 is 11.6 Å². The van der Waals surface area contributed by atoms with Gasteiger partial charge in [0.05, 0.1) is 5.56 Å². The van der Waals surface area contributed by atoms with Crippen molar-refractivity contribution in [2.45, 2.75) is 32.5 Å². The highest BCUT2D eigenvalue weighted by Gasteiger charge is 2.32. The summed E-state index contributed by atoms with van der Waals surface area (Å²) in [5.74, 6) is 2.01. The highest BCUT2D eigenvalue weighted by molar-refractivity contribution is 5.68. The van der Waals surface area contributed by atoms with E-state index in [0.717, 1.165) is 89.1 Å². The highest BCUT2D eigenvalue weighted by atomic mass is 15.3. The number of aromatic nitrogens is 1. The van der Waals surface area contributed by atoms with Crippen molar-refractivity contribution < 1.29 is 0 Å². The van der Waals surface area contributed by atoms with Gasteiger partial charge in [-0.25, -0.2) is 4.98 Å². The van der Waals surface area contributed by atoms with Gasteiger partial charge in [0.1, 0.15) is 17.7 Å². The van der Waals surface area contributed by atoms with Crippen LogP contribution in [0, 0.1) is 11.3 Å². The summed E-state index contributed by atoms with van der Waals surface area (Å²) in [5.41, 5.74) is 4.61. The summed E-state index contributed by atoms with van der Waals surface area (Å²) in [6.07, 6.45) is 0.943. The molecule has 0 aliphatic carbocycles. The number of nitrogens with zero attached hydrogens (tertiary/aromatic N) is 6. The van der Waals surface area contributed by atoms with Crippen molar-refractivity contribution in [3.8, 4) is 6.07 Å². The fraction of sp³-hybridized carbons (Fsp3) is 0.538. The normalized spacial score (nSPS) is 22.2. The highest BCUT2D eigenvalue weighted by Crippen LogP contribution is 2.36. The molecule has 5 rings (SSSR count). The lowest BCUT2D eigenvalue weighted by Gasteiger charge is -2.40. The number of pyridine rings is 1. The van der Waals surface area contributed by atoms with Crippen LogP contribution in [0.15, 0.2) is 30.3 Å². The third-order valence-corrected chi connectivity index (χ3v) is 7.37. The maximum absolute atomic E-state index is 10.3. The van der Waals surface area contributed by atoms with Crippen LogP contribution in [0.25, 0.3) is 0 Å². The van der Waals surface area contributed by atoms with Crippen molar-refractivity contribution in [2.24, 2.45) is 0 Å². The number of rotatable bonds is 4. The lowest BCUT2D eigenvalue weighted by atomic mass is 9.94. The largest absolute Gasteiger partial charge is 0.353 e. The maximum Gasteiger partial charge on any atom is 0.149 e. The first-order chi connectivity index (χ1) is 16.1. The fourth-order valence-corrected chi connectivity index (χ4v) is 5.39. The summed E-state index contributed by atoms with van der Waals surface area (Å²) in [7, 11) is 2.16. The zero-order valence-corrected chi connectivity index (χ0v) is 19.9. The molecule has 1 N–H and O–H groups in total. The van der Waals surface area contributed by atoms with Crippen molar-refractivity contribution in [1.82, 2.24) is 20.1 Å². The Morgan fingerprint density at radius 2 is 1.82 bits per heavy atom. The van der Waals surface area contributed by atoms with E-state index in [2.05, 4.69) is 75.3 Å².